The maximum atomic E-state index is 5.57. The molecule has 1 aromatic rings. The molecule has 0 amide bonds. The summed E-state index contributed by atoms with van der Waals surface area (Å²) in [6.45, 7) is 8.68. The van der Waals surface area contributed by atoms with Gasteiger partial charge in [-0.05, 0) is 0 Å². The fraction of sp³-hybridized carbons (Fsp3) is 0.588. The third-order valence-electron chi connectivity index (χ3n) is 3.34. The first kappa shape index (κ1) is 19.0. The van der Waals surface area contributed by atoms with Crippen molar-refractivity contribution in [2.45, 2.75) is 44.9 Å². The SMILES string of the molecule is CCCCC(CSC(=S)N(CC)CC)[Se]c1ccccc1. The predicted molar refractivity (Wildman–Crippen MR) is 103 cm³/mol. The summed E-state index contributed by atoms with van der Waals surface area (Å²) in [5, 5.41) is 0. The fourth-order valence-electron chi connectivity index (χ4n) is 2.04. The molecule has 0 aliphatic rings. The molecule has 0 aromatic heterocycles. The Bertz CT molecular complexity index is 393. The summed E-state index contributed by atoms with van der Waals surface area (Å²) in [6, 6.07) is 11.0. The van der Waals surface area contributed by atoms with Crippen molar-refractivity contribution in [3.63, 3.8) is 0 Å². The monoisotopic (exact) mass is 389 g/mol. The number of hydrogen-bond donors (Lipinski definition) is 0. The van der Waals surface area contributed by atoms with Crippen molar-refractivity contribution in [2.75, 3.05) is 18.8 Å². The first-order valence-electron chi connectivity index (χ1n) is 7.84. The van der Waals surface area contributed by atoms with Gasteiger partial charge in [0.15, 0.2) is 0 Å². The number of unbranched alkanes of at least 4 members (excludes halogenated alkanes) is 1. The summed E-state index contributed by atoms with van der Waals surface area (Å²) < 4.78 is 2.59. The van der Waals surface area contributed by atoms with E-state index in [0.717, 1.165) is 22.2 Å². The van der Waals surface area contributed by atoms with Crippen LogP contribution in [0.5, 0.6) is 0 Å². The van der Waals surface area contributed by atoms with Crippen molar-refractivity contribution in [2.24, 2.45) is 0 Å². The predicted octanol–water partition coefficient (Wildman–Crippen LogP) is 4.35. The second kappa shape index (κ2) is 11.5. The zero-order valence-electron chi connectivity index (χ0n) is 13.4. The molecule has 0 saturated heterocycles. The molecule has 1 atom stereocenters. The van der Waals surface area contributed by atoms with Gasteiger partial charge in [-0.25, -0.2) is 0 Å². The summed E-state index contributed by atoms with van der Waals surface area (Å²) in [6.07, 6.45) is 3.95. The zero-order valence-corrected chi connectivity index (χ0v) is 16.7. The second-order valence-electron chi connectivity index (χ2n) is 4.94. The Kier molecular flexibility index (Phi) is 10.5. The van der Waals surface area contributed by atoms with Crippen LogP contribution in [0.15, 0.2) is 30.3 Å². The molecule has 0 aliphatic carbocycles. The van der Waals surface area contributed by atoms with Crippen LogP contribution in [0.4, 0.5) is 0 Å². The number of thiocarbonyl (C=S) groups is 1. The van der Waals surface area contributed by atoms with E-state index in [1.54, 1.807) is 0 Å². The van der Waals surface area contributed by atoms with Gasteiger partial charge in [-0.2, -0.15) is 0 Å². The third-order valence-corrected chi connectivity index (χ3v) is 8.19. The van der Waals surface area contributed by atoms with Crippen molar-refractivity contribution in [1.29, 1.82) is 0 Å². The molecule has 0 heterocycles. The Balaban J connectivity index is 2.51. The Morgan fingerprint density at radius 1 is 1.19 bits per heavy atom. The van der Waals surface area contributed by atoms with E-state index in [4.69, 9.17) is 12.2 Å². The molecule has 21 heavy (non-hydrogen) atoms. The molecule has 1 aromatic carbocycles. The van der Waals surface area contributed by atoms with Crippen LogP contribution < -0.4 is 4.46 Å². The van der Waals surface area contributed by atoms with Crippen LogP contribution in [0.25, 0.3) is 0 Å². The molecular weight excluding hydrogens is 361 g/mol. The molecular formula is C17H27NS2Se. The Morgan fingerprint density at radius 2 is 1.86 bits per heavy atom. The molecule has 0 saturated carbocycles. The van der Waals surface area contributed by atoms with E-state index in [-0.39, 0.29) is 0 Å². The van der Waals surface area contributed by atoms with Crippen LogP contribution in [-0.2, 0) is 0 Å². The Hall–Kier alpha value is -0.0205. The van der Waals surface area contributed by atoms with Crippen LogP contribution in [0.2, 0.25) is 4.82 Å². The first-order valence-corrected chi connectivity index (χ1v) is 11.1. The van der Waals surface area contributed by atoms with E-state index in [9.17, 15) is 0 Å². The molecule has 1 rings (SSSR count). The quantitative estimate of drug-likeness (QED) is 0.457. The maximum absolute atomic E-state index is 5.57. The van der Waals surface area contributed by atoms with E-state index >= 15 is 0 Å². The number of benzene rings is 1. The minimum absolute atomic E-state index is 0.558. The van der Waals surface area contributed by atoms with E-state index in [1.165, 1.54) is 29.5 Å². The van der Waals surface area contributed by atoms with Crippen molar-refractivity contribution in [3.05, 3.63) is 30.3 Å². The molecule has 0 N–H and O–H groups in total. The molecule has 1 nitrogen and oxygen atoms in total. The Morgan fingerprint density at radius 3 is 2.43 bits per heavy atom. The van der Waals surface area contributed by atoms with Crippen LogP contribution in [0.3, 0.4) is 0 Å². The topological polar surface area (TPSA) is 3.24 Å². The fourth-order valence-corrected chi connectivity index (χ4v) is 6.42. The van der Waals surface area contributed by atoms with E-state index in [2.05, 4.69) is 56.0 Å². The number of thioether (sulfide) groups is 1. The average Bonchev–Trinajstić information content (AvgIpc) is 2.52. The van der Waals surface area contributed by atoms with Crippen molar-refractivity contribution in [3.8, 4) is 0 Å². The van der Waals surface area contributed by atoms with Gasteiger partial charge in [-0.15, -0.1) is 0 Å². The molecule has 0 aliphatic heterocycles. The summed E-state index contributed by atoms with van der Waals surface area (Å²) in [7, 11) is 0. The molecule has 0 spiro atoms. The molecule has 1 unspecified atom stereocenters. The van der Waals surface area contributed by atoms with Gasteiger partial charge in [0.25, 0.3) is 0 Å². The van der Waals surface area contributed by atoms with Crippen molar-refractivity contribution < 1.29 is 0 Å². The normalized spacial score (nSPS) is 12.1. The number of nitrogens with zero attached hydrogens (tertiary/aromatic N) is 1. The van der Waals surface area contributed by atoms with Gasteiger partial charge in [0.2, 0.25) is 0 Å². The number of hydrogen-bond acceptors (Lipinski definition) is 2. The molecule has 118 valence electrons. The van der Waals surface area contributed by atoms with E-state index < -0.39 is 0 Å². The molecule has 0 bridgehead atoms. The van der Waals surface area contributed by atoms with Crippen LogP contribution >= 0.6 is 24.0 Å². The van der Waals surface area contributed by atoms with Crippen molar-refractivity contribution in [1.82, 2.24) is 4.90 Å². The molecule has 4 heteroatoms. The molecule has 0 fully saturated rings. The van der Waals surface area contributed by atoms with Gasteiger partial charge in [-0.3, -0.25) is 0 Å². The second-order valence-corrected chi connectivity index (χ2v) is 9.48. The number of rotatable bonds is 9. The average molecular weight is 389 g/mol. The van der Waals surface area contributed by atoms with Crippen molar-refractivity contribution >= 4 is 47.7 Å². The summed E-state index contributed by atoms with van der Waals surface area (Å²) in [5.41, 5.74) is 0. The minimum atomic E-state index is 0.558. The zero-order chi connectivity index (χ0) is 15.5. The van der Waals surface area contributed by atoms with Gasteiger partial charge in [0, 0.05) is 0 Å². The Labute approximate surface area is 146 Å². The van der Waals surface area contributed by atoms with Gasteiger partial charge in [0.1, 0.15) is 0 Å². The van der Waals surface area contributed by atoms with Crippen LogP contribution in [-0.4, -0.2) is 43.0 Å². The van der Waals surface area contributed by atoms with Gasteiger partial charge in [0.05, 0.1) is 0 Å². The van der Waals surface area contributed by atoms with Gasteiger partial charge >= 0.3 is 147 Å². The molecule has 0 radical (unpaired) electrons. The first-order chi connectivity index (χ1) is 10.2. The van der Waals surface area contributed by atoms with Gasteiger partial charge in [-0.1, -0.05) is 0 Å². The summed E-state index contributed by atoms with van der Waals surface area (Å²) in [5.74, 6) is 1.17. The summed E-state index contributed by atoms with van der Waals surface area (Å²) >= 11 is 8.01. The van der Waals surface area contributed by atoms with Gasteiger partial charge < -0.3 is 0 Å². The van der Waals surface area contributed by atoms with E-state index in [1.807, 2.05) is 11.8 Å². The third kappa shape index (κ3) is 7.69. The van der Waals surface area contributed by atoms with Crippen LogP contribution in [0, 0.1) is 0 Å². The van der Waals surface area contributed by atoms with Crippen LogP contribution in [0.1, 0.15) is 40.0 Å². The summed E-state index contributed by atoms with van der Waals surface area (Å²) in [4.78, 5) is 3.07. The standard InChI is InChI=1S/C17H27NS2Se/c1-4-7-11-16(21-15-12-9-8-10-13-15)14-20-17(19)18(5-2)6-3/h8-10,12-13,16H,4-7,11,14H2,1-3H3. The van der Waals surface area contributed by atoms with E-state index in [0.29, 0.717) is 15.0 Å².